The number of hydrogen-bond donors (Lipinski definition) is 0. The molecule has 4 nitrogen and oxygen atoms in total. The molecule has 0 heterocycles. The first-order valence-corrected chi connectivity index (χ1v) is 3.08. The van der Waals surface area contributed by atoms with Crippen LogP contribution in [-0.2, 0) is 9.57 Å². The van der Waals surface area contributed by atoms with E-state index in [0.717, 1.165) is 0 Å². The molecule has 0 amide bonds. The molecule has 11 heavy (non-hydrogen) atoms. The molecule has 0 aliphatic heterocycles. The van der Waals surface area contributed by atoms with Crippen LogP contribution in [0.2, 0.25) is 0 Å². The Morgan fingerprint density at radius 3 is 2.27 bits per heavy atom. The largest absolute Gasteiger partial charge is 0.540 e. The number of ether oxygens (including phenoxy) is 1. The highest BCUT2D eigenvalue weighted by atomic mass is 16.8. The molecule has 0 saturated heterocycles. The third kappa shape index (κ3) is 6.57. The average Bonchev–Trinajstić information content (AvgIpc) is 1.82. The molecule has 0 unspecified atom stereocenters. The minimum atomic E-state index is -0.862. The zero-order valence-corrected chi connectivity index (χ0v) is 6.88. The highest BCUT2D eigenvalue weighted by Crippen LogP contribution is 1.94. The lowest BCUT2D eigenvalue weighted by Crippen LogP contribution is -2.02. The number of nitrogens with zero attached hydrogens (tertiary/aromatic N) is 1. The highest BCUT2D eigenvalue weighted by Gasteiger charge is 2.02. The Balaban J connectivity index is 3.71. The molecule has 0 atom stereocenters. The van der Waals surface area contributed by atoms with Crippen molar-refractivity contribution in [2.24, 2.45) is 5.16 Å². The van der Waals surface area contributed by atoms with E-state index in [2.05, 4.69) is 21.3 Å². The van der Waals surface area contributed by atoms with Gasteiger partial charge in [-0.05, 0) is 20.8 Å². The molecule has 62 valence electrons. The molecule has 0 radical (unpaired) electrons. The van der Waals surface area contributed by atoms with E-state index in [1.165, 1.54) is 0 Å². The van der Waals surface area contributed by atoms with Crippen molar-refractivity contribution in [2.75, 3.05) is 0 Å². The van der Waals surface area contributed by atoms with Crippen molar-refractivity contribution in [3.63, 3.8) is 0 Å². The molecule has 0 aromatic carbocycles. The Morgan fingerprint density at radius 1 is 1.36 bits per heavy atom. The van der Waals surface area contributed by atoms with E-state index in [4.69, 9.17) is 0 Å². The SMILES string of the molecule is C=C(C)OC(=O)ON=C(C)C. The lowest BCUT2D eigenvalue weighted by atomic mass is 10.5. The smallest absolute Gasteiger partial charge is 0.399 e. The molecule has 0 spiro atoms. The number of hydrogen-bond acceptors (Lipinski definition) is 4. The molecule has 0 saturated carbocycles. The number of carbonyl (C=O) groups is 1. The van der Waals surface area contributed by atoms with Crippen LogP contribution in [0.4, 0.5) is 4.79 Å². The van der Waals surface area contributed by atoms with Gasteiger partial charge in [0, 0.05) is 0 Å². The Kier molecular flexibility index (Phi) is 3.95. The van der Waals surface area contributed by atoms with Crippen LogP contribution in [0.3, 0.4) is 0 Å². The second kappa shape index (κ2) is 4.49. The number of allylic oxidation sites excluding steroid dienone is 1. The summed E-state index contributed by atoms with van der Waals surface area (Å²) in [6, 6.07) is 0. The van der Waals surface area contributed by atoms with Gasteiger partial charge in [-0.3, -0.25) is 4.84 Å². The van der Waals surface area contributed by atoms with E-state index < -0.39 is 6.16 Å². The normalized spacial score (nSPS) is 8.27. The van der Waals surface area contributed by atoms with E-state index in [-0.39, 0.29) is 5.76 Å². The van der Waals surface area contributed by atoms with E-state index in [1.54, 1.807) is 20.8 Å². The quantitative estimate of drug-likeness (QED) is 0.203. The van der Waals surface area contributed by atoms with Gasteiger partial charge in [-0.25, -0.2) is 4.79 Å². The summed E-state index contributed by atoms with van der Waals surface area (Å²) in [6.45, 7) is 8.30. The van der Waals surface area contributed by atoms with Crippen LogP contribution in [0, 0.1) is 0 Å². The summed E-state index contributed by atoms with van der Waals surface area (Å²) in [5.74, 6) is 0.277. The van der Waals surface area contributed by atoms with Gasteiger partial charge in [0.05, 0.1) is 5.71 Å². The predicted molar refractivity (Wildman–Crippen MR) is 41.2 cm³/mol. The first-order chi connectivity index (χ1) is 5.02. The molecular weight excluding hydrogens is 146 g/mol. The molecule has 4 heteroatoms. The first-order valence-electron chi connectivity index (χ1n) is 3.08. The molecule has 0 N–H and O–H groups in total. The van der Waals surface area contributed by atoms with Crippen LogP contribution in [0.15, 0.2) is 17.5 Å². The van der Waals surface area contributed by atoms with Crippen molar-refractivity contribution in [3.05, 3.63) is 12.3 Å². The maximum Gasteiger partial charge on any atom is 0.540 e. The molecule has 0 aromatic heterocycles. The van der Waals surface area contributed by atoms with E-state index >= 15 is 0 Å². The van der Waals surface area contributed by atoms with Crippen molar-refractivity contribution in [1.82, 2.24) is 0 Å². The monoisotopic (exact) mass is 157 g/mol. The zero-order chi connectivity index (χ0) is 8.85. The summed E-state index contributed by atoms with van der Waals surface area (Å²) >= 11 is 0. The van der Waals surface area contributed by atoms with Crippen LogP contribution in [0.1, 0.15) is 20.8 Å². The van der Waals surface area contributed by atoms with E-state index in [1.807, 2.05) is 0 Å². The van der Waals surface area contributed by atoms with Crippen molar-refractivity contribution < 1.29 is 14.4 Å². The molecule has 0 aliphatic carbocycles. The van der Waals surface area contributed by atoms with Gasteiger partial charge >= 0.3 is 6.16 Å². The standard InChI is InChI=1S/C7H11NO3/c1-5(2)8-11-7(9)10-6(3)4/h3H2,1-2,4H3. The topological polar surface area (TPSA) is 47.9 Å². The predicted octanol–water partition coefficient (Wildman–Crippen LogP) is 2.07. The Hall–Kier alpha value is -1.32. The lowest BCUT2D eigenvalue weighted by molar-refractivity contribution is 0.0803. The maximum absolute atomic E-state index is 10.5. The molecular formula is C7H11NO3. The molecule has 0 bridgehead atoms. The molecule has 0 fully saturated rings. The second-order valence-electron chi connectivity index (χ2n) is 2.18. The number of oxime groups is 1. The molecule has 0 rings (SSSR count). The van der Waals surface area contributed by atoms with Gasteiger partial charge in [-0.1, -0.05) is 11.7 Å². The van der Waals surface area contributed by atoms with Crippen LogP contribution in [0.25, 0.3) is 0 Å². The van der Waals surface area contributed by atoms with Crippen molar-refractivity contribution in [2.45, 2.75) is 20.8 Å². The van der Waals surface area contributed by atoms with Crippen LogP contribution < -0.4 is 0 Å². The van der Waals surface area contributed by atoms with Gasteiger partial charge in [-0.2, -0.15) is 0 Å². The first kappa shape index (κ1) is 9.68. The van der Waals surface area contributed by atoms with Gasteiger partial charge in [0.25, 0.3) is 0 Å². The minimum Gasteiger partial charge on any atom is -0.399 e. The van der Waals surface area contributed by atoms with Gasteiger partial charge in [0.15, 0.2) is 0 Å². The fourth-order valence-electron chi connectivity index (χ4n) is 0.289. The Labute approximate surface area is 65.5 Å². The summed E-state index contributed by atoms with van der Waals surface area (Å²) in [4.78, 5) is 14.8. The summed E-state index contributed by atoms with van der Waals surface area (Å²) in [6.07, 6.45) is -0.862. The third-order valence-electron chi connectivity index (χ3n) is 0.560. The Bertz CT molecular complexity index is 192. The summed E-state index contributed by atoms with van der Waals surface area (Å²) in [5.41, 5.74) is 0.642. The Morgan fingerprint density at radius 2 is 1.91 bits per heavy atom. The van der Waals surface area contributed by atoms with Gasteiger partial charge in [0.1, 0.15) is 5.76 Å². The summed E-state index contributed by atoms with van der Waals surface area (Å²) < 4.78 is 4.44. The summed E-state index contributed by atoms with van der Waals surface area (Å²) in [5, 5.41) is 3.38. The van der Waals surface area contributed by atoms with Crippen molar-refractivity contribution >= 4 is 11.9 Å². The van der Waals surface area contributed by atoms with E-state index in [0.29, 0.717) is 5.71 Å². The molecule has 0 aliphatic rings. The second-order valence-corrected chi connectivity index (χ2v) is 2.18. The maximum atomic E-state index is 10.5. The van der Waals surface area contributed by atoms with Crippen LogP contribution in [0.5, 0.6) is 0 Å². The highest BCUT2D eigenvalue weighted by molar-refractivity contribution is 5.79. The van der Waals surface area contributed by atoms with Crippen LogP contribution in [-0.4, -0.2) is 11.9 Å². The fraction of sp³-hybridized carbons (Fsp3) is 0.429. The third-order valence-corrected chi connectivity index (χ3v) is 0.560. The zero-order valence-electron chi connectivity index (χ0n) is 6.88. The van der Waals surface area contributed by atoms with Gasteiger partial charge in [0.2, 0.25) is 0 Å². The van der Waals surface area contributed by atoms with Crippen molar-refractivity contribution in [3.8, 4) is 0 Å². The lowest BCUT2D eigenvalue weighted by Gasteiger charge is -1.98. The minimum absolute atomic E-state index is 0.277. The van der Waals surface area contributed by atoms with Crippen LogP contribution >= 0.6 is 0 Å². The fourth-order valence-corrected chi connectivity index (χ4v) is 0.289. The number of carbonyl (C=O) groups excluding carboxylic acids is 1. The average molecular weight is 157 g/mol. The van der Waals surface area contributed by atoms with Crippen molar-refractivity contribution in [1.29, 1.82) is 0 Å². The number of rotatable bonds is 2. The summed E-state index contributed by atoms with van der Waals surface area (Å²) in [7, 11) is 0. The van der Waals surface area contributed by atoms with E-state index in [9.17, 15) is 4.79 Å². The van der Waals surface area contributed by atoms with Gasteiger partial charge in [-0.15, -0.1) is 0 Å². The van der Waals surface area contributed by atoms with Gasteiger partial charge < -0.3 is 4.74 Å². The molecule has 0 aromatic rings.